The highest BCUT2D eigenvalue weighted by Gasteiger charge is 2.73. The van der Waals surface area contributed by atoms with Gasteiger partial charge in [-0.2, -0.15) is 0 Å². The van der Waals surface area contributed by atoms with E-state index in [-0.39, 0.29) is 0 Å². The summed E-state index contributed by atoms with van der Waals surface area (Å²) in [5.74, 6) is 0.864. The Labute approximate surface area is 179 Å². The summed E-state index contributed by atoms with van der Waals surface area (Å²) in [5.41, 5.74) is 4.27. The predicted molar refractivity (Wildman–Crippen MR) is 118 cm³/mol. The molecule has 5 nitrogen and oxygen atoms in total. The van der Waals surface area contributed by atoms with Crippen LogP contribution in [0.2, 0.25) is 0 Å². The lowest BCUT2D eigenvalue weighted by Gasteiger charge is -2.72. The zero-order chi connectivity index (χ0) is 21.3. The molecule has 2 aromatic carbocycles. The zero-order valence-electron chi connectivity index (χ0n) is 17.9. The molecule has 2 aliphatic carbocycles. The van der Waals surface area contributed by atoms with Crippen LogP contribution in [0.3, 0.4) is 0 Å². The van der Waals surface area contributed by atoms with E-state index in [0.717, 1.165) is 38.0 Å². The molecule has 5 rings (SSSR count). The summed E-state index contributed by atoms with van der Waals surface area (Å²) in [6, 6.07) is 14.3. The number of piperidine rings is 1. The van der Waals surface area contributed by atoms with Crippen LogP contribution in [0.1, 0.15) is 29.5 Å². The highest BCUT2D eigenvalue weighted by Crippen LogP contribution is 2.68. The molecule has 6 heteroatoms. The van der Waals surface area contributed by atoms with Crippen molar-refractivity contribution in [2.45, 2.75) is 42.7 Å². The van der Waals surface area contributed by atoms with Gasteiger partial charge in [-0.15, -0.1) is 0 Å². The number of nitrogens with zero attached hydrogens (tertiary/aromatic N) is 2. The van der Waals surface area contributed by atoms with Crippen molar-refractivity contribution in [1.82, 2.24) is 9.80 Å². The smallest absolute Gasteiger partial charge is 0.175 e. The van der Waals surface area contributed by atoms with Crippen molar-refractivity contribution in [2.24, 2.45) is 5.41 Å². The Morgan fingerprint density at radius 1 is 1.20 bits per heavy atom. The topological polar surface area (TPSA) is 60.9 Å². The fourth-order valence-electron chi connectivity index (χ4n) is 6.53. The highest BCUT2D eigenvalue weighted by molar-refractivity contribution is 7.90. The molecule has 1 saturated heterocycles. The lowest BCUT2D eigenvalue weighted by molar-refractivity contribution is -0.203. The molecular formula is C24H30N2O3S. The Bertz CT molecular complexity index is 1080. The molecule has 3 aliphatic rings. The normalized spacial score (nSPS) is 29.7. The predicted octanol–water partition coefficient (Wildman–Crippen LogP) is 2.68. The Morgan fingerprint density at radius 2 is 1.93 bits per heavy atom. The number of aromatic hydroxyl groups is 1. The maximum Gasteiger partial charge on any atom is 0.175 e. The molecule has 30 heavy (non-hydrogen) atoms. The molecule has 1 unspecified atom stereocenters. The van der Waals surface area contributed by atoms with Crippen LogP contribution in [-0.4, -0.2) is 68.3 Å². The first-order chi connectivity index (χ1) is 14.2. The molecule has 2 aromatic rings. The Hall–Kier alpha value is -1.89. The highest BCUT2D eigenvalue weighted by atomic mass is 32.2. The second-order valence-corrected chi connectivity index (χ2v) is 11.4. The molecule has 1 spiro atoms. The van der Waals surface area contributed by atoms with Crippen LogP contribution >= 0.6 is 0 Å². The molecule has 1 saturated carbocycles. The largest absolute Gasteiger partial charge is 0.508 e. The van der Waals surface area contributed by atoms with Gasteiger partial charge in [-0.25, -0.2) is 8.42 Å². The number of hydrogen-bond donors (Lipinski definition) is 1. The molecule has 1 N–H and O–H groups in total. The van der Waals surface area contributed by atoms with Crippen LogP contribution in [0, 0.1) is 5.41 Å². The van der Waals surface area contributed by atoms with Crippen LogP contribution in [0.25, 0.3) is 0 Å². The van der Waals surface area contributed by atoms with E-state index in [1.54, 1.807) is 12.1 Å². The molecule has 2 fully saturated rings. The molecule has 0 aromatic heterocycles. The minimum absolute atomic E-state index is 0.347. The molecule has 0 amide bonds. The van der Waals surface area contributed by atoms with E-state index in [2.05, 4.69) is 29.8 Å². The first-order valence-electron chi connectivity index (χ1n) is 10.8. The van der Waals surface area contributed by atoms with Crippen molar-refractivity contribution in [2.75, 3.05) is 32.9 Å². The quantitative estimate of drug-likeness (QED) is 0.770. The molecule has 1 aliphatic heterocycles. The number of sulfone groups is 1. The standard InChI is InChI=1S/C24H30N2O3S/c1-4-26(12-11-16-5-9-19(10-6-16)30(3,28)29)22-21-20-13-18(27)8-7-17(20)14-24(21)15-25(2)23(22)24/h5-10,13,21-23,27H,4,11-12,14-15H2,1-3H3/t21?,22-,23+,24-/m1/s1. The zero-order valence-corrected chi connectivity index (χ0v) is 18.7. The summed E-state index contributed by atoms with van der Waals surface area (Å²) in [6.45, 7) is 5.30. The molecule has 4 atom stereocenters. The minimum atomic E-state index is -3.15. The Morgan fingerprint density at radius 3 is 2.57 bits per heavy atom. The van der Waals surface area contributed by atoms with Crippen LogP contribution in [0.4, 0.5) is 0 Å². The molecule has 0 radical (unpaired) electrons. The maximum atomic E-state index is 11.7. The van der Waals surface area contributed by atoms with E-state index < -0.39 is 9.84 Å². The van der Waals surface area contributed by atoms with Gasteiger partial charge in [0.25, 0.3) is 0 Å². The average molecular weight is 427 g/mol. The first kappa shape index (κ1) is 20.0. The first-order valence-corrected chi connectivity index (χ1v) is 12.7. The Kier molecular flexibility index (Phi) is 4.55. The summed E-state index contributed by atoms with van der Waals surface area (Å²) in [6.07, 6.45) is 3.27. The van der Waals surface area contributed by atoms with Gasteiger partial charge in [0.1, 0.15) is 5.75 Å². The fourth-order valence-corrected chi connectivity index (χ4v) is 7.16. The lowest BCUT2D eigenvalue weighted by Crippen LogP contribution is -2.82. The van der Waals surface area contributed by atoms with Gasteiger partial charge >= 0.3 is 0 Å². The van der Waals surface area contributed by atoms with Gasteiger partial charge in [-0.1, -0.05) is 25.1 Å². The minimum Gasteiger partial charge on any atom is -0.508 e. The van der Waals surface area contributed by atoms with Crippen LogP contribution in [0.5, 0.6) is 5.75 Å². The van der Waals surface area contributed by atoms with Crippen molar-refractivity contribution in [3.63, 3.8) is 0 Å². The average Bonchev–Trinajstić information content (AvgIpc) is 2.97. The summed E-state index contributed by atoms with van der Waals surface area (Å²) in [4.78, 5) is 5.46. The fraction of sp³-hybridized carbons (Fsp3) is 0.500. The van der Waals surface area contributed by atoms with Gasteiger partial charge in [-0.3, -0.25) is 4.90 Å². The van der Waals surface area contributed by atoms with Gasteiger partial charge in [0.05, 0.1) is 4.90 Å². The number of hydrogen-bond acceptors (Lipinski definition) is 5. The molecule has 160 valence electrons. The third kappa shape index (κ3) is 2.84. The van der Waals surface area contributed by atoms with Gasteiger partial charge in [0.15, 0.2) is 9.84 Å². The van der Waals surface area contributed by atoms with Crippen molar-refractivity contribution in [1.29, 1.82) is 0 Å². The Balaban J connectivity index is 1.36. The van der Waals surface area contributed by atoms with Crippen molar-refractivity contribution < 1.29 is 13.5 Å². The second kappa shape index (κ2) is 6.81. The van der Waals surface area contributed by atoms with E-state index in [0.29, 0.717) is 34.1 Å². The van der Waals surface area contributed by atoms with Crippen LogP contribution in [-0.2, 0) is 22.7 Å². The second-order valence-electron chi connectivity index (χ2n) is 9.42. The van der Waals surface area contributed by atoms with E-state index in [9.17, 15) is 13.5 Å². The van der Waals surface area contributed by atoms with E-state index in [1.807, 2.05) is 24.3 Å². The number of rotatable bonds is 6. The molecular weight excluding hydrogens is 396 g/mol. The van der Waals surface area contributed by atoms with E-state index >= 15 is 0 Å². The maximum absolute atomic E-state index is 11.7. The van der Waals surface area contributed by atoms with Gasteiger partial charge < -0.3 is 10.0 Å². The summed E-state index contributed by atoms with van der Waals surface area (Å²) < 4.78 is 23.4. The number of benzene rings is 2. The van der Waals surface area contributed by atoms with Crippen molar-refractivity contribution in [3.05, 3.63) is 59.2 Å². The summed E-state index contributed by atoms with van der Waals surface area (Å²) in [7, 11) is -0.921. The van der Waals surface area contributed by atoms with Crippen molar-refractivity contribution >= 4 is 9.84 Å². The van der Waals surface area contributed by atoms with Crippen molar-refractivity contribution in [3.8, 4) is 5.75 Å². The third-order valence-corrected chi connectivity index (χ3v) is 8.87. The molecule has 0 bridgehead atoms. The number of phenols is 1. The van der Waals surface area contributed by atoms with Crippen LogP contribution in [0.15, 0.2) is 47.4 Å². The lowest BCUT2D eigenvalue weighted by atomic mass is 9.47. The van der Waals surface area contributed by atoms with Gasteiger partial charge in [0, 0.05) is 42.8 Å². The molecule has 1 heterocycles. The summed E-state index contributed by atoms with van der Waals surface area (Å²) >= 11 is 0. The monoisotopic (exact) mass is 426 g/mol. The SMILES string of the molecule is CCN(CCc1ccc(S(C)(=O)=O)cc1)[C@@H]1C2c3cc(O)ccc3C[C@@]23CN(C)[C@@H]13. The number of fused-ring (bicyclic) bond motifs is 2. The summed E-state index contributed by atoms with van der Waals surface area (Å²) in [5, 5.41) is 10.1. The number of likely N-dealkylation sites (N-methyl/N-ethyl adjacent to an activating group) is 2. The van der Waals surface area contributed by atoms with Gasteiger partial charge in [0.2, 0.25) is 0 Å². The van der Waals surface area contributed by atoms with E-state index in [4.69, 9.17) is 0 Å². The number of likely N-dealkylation sites (tertiary alicyclic amines) is 1. The van der Waals surface area contributed by atoms with E-state index in [1.165, 1.54) is 17.4 Å². The van der Waals surface area contributed by atoms with Crippen LogP contribution < -0.4 is 0 Å². The van der Waals surface area contributed by atoms with Gasteiger partial charge in [-0.05, 0) is 67.4 Å². The number of phenolic OH excluding ortho intramolecular Hbond substituents is 1. The third-order valence-electron chi connectivity index (χ3n) is 7.74.